The van der Waals surface area contributed by atoms with Gasteiger partial charge in [0, 0.05) is 42.8 Å². The van der Waals surface area contributed by atoms with Gasteiger partial charge >= 0.3 is 0 Å². The number of piperidine rings is 2. The number of pyridine rings is 2. The third-order valence-electron chi connectivity index (χ3n) is 8.30. The van der Waals surface area contributed by atoms with Gasteiger partial charge in [-0.3, -0.25) is 9.69 Å². The zero-order valence-corrected chi connectivity index (χ0v) is 20.1. The highest BCUT2D eigenvalue weighted by molar-refractivity contribution is 6.05. The summed E-state index contributed by atoms with van der Waals surface area (Å²) in [7, 11) is 0. The third-order valence-corrected chi connectivity index (χ3v) is 8.30. The molecule has 1 amide bonds. The summed E-state index contributed by atoms with van der Waals surface area (Å²) < 4.78 is 0. The highest BCUT2D eigenvalue weighted by Crippen LogP contribution is 2.35. The first-order valence-electron chi connectivity index (χ1n) is 13.2. The number of nitrogens with zero attached hydrogens (tertiary/aromatic N) is 5. The first-order chi connectivity index (χ1) is 16.7. The van der Waals surface area contributed by atoms with Crippen molar-refractivity contribution < 1.29 is 4.79 Å². The molecule has 3 aliphatic rings. The summed E-state index contributed by atoms with van der Waals surface area (Å²) in [4.78, 5) is 32.5. The van der Waals surface area contributed by atoms with Crippen LogP contribution in [0.25, 0.3) is 21.9 Å². The lowest BCUT2D eigenvalue weighted by atomic mass is 9.87. The van der Waals surface area contributed by atoms with Crippen molar-refractivity contribution in [3.05, 3.63) is 36.3 Å². The molecule has 1 atom stereocenters. The Morgan fingerprint density at radius 3 is 2.68 bits per heavy atom. The van der Waals surface area contributed by atoms with Crippen LogP contribution in [-0.2, 0) is 4.79 Å². The first kappa shape index (κ1) is 22.0. The second kappa shape index (κ2) is 9.62. The fourth-order valence-electron chi connectivity index (χ4n) is 6.49. The summed E-state index contributed by atoms with van der Waals surface area (Å²) in [5, 5.41) is 2.40. The SMILES string of the molecule is O=C(CN1CCC(c2cc[nH]c3cnc4nccc4c23)CC1)N1CCCC(CN2CCCC2)C1. The number of hydrogen-bond acceptors (Lipinski definition) is 5. The Kier molecular flexibility index (Phi) is 6.22. The van der Waals surface area contributed by atoms with Crippen molar-refractivity contribution in [3.8, 4) is 0 Å². The maximum atomic E-state index is 13.1. The van der Waals surface area contributed by atoms with E-state index in [2.05, 4.69) is 41.8 Å². The molecule has 180 valence electrons. The van der Waals surface area contributed by atoms with E-state index in [1.165, 1.54) is 49.8 Å². The number of H-pyrrole nitrogens is 1. The molecule has 6 heterocycles. The summed E-state index contributed by atoms with van der Waals surface area (Å²) in [6.07, 6.45) is 13.1. The molecule has 0 saturated carbocycles. The van der Waals surface area contributed by atoms with Gasteiger partial charge < -0.3 is 14.8 Å². The quantitative estimate of drug-likeness (QED) is 0.630. The molecule has 7 heteroatoms. The van der Waals surface area contributed by atoms with Gasteiger partial charge in [-0.15, -0.1) is 0 Å². The van der Waals surface area contributed by atoms with Gasteiger partial charge in [-0.25, -0.2) is 9.97 Å². The molecule has 0 radical (unpaired) electrons. The molecule has 0 aliphatic carbocycles. The van der Waals surface area contributed by atoms with Crippen LogP contribution >= 0.6 is 0 Å². The van der Waals surface area contributed by atoms with Gasteiger partial charge in [0.05, 0.1) is 18.3 Å². The number of fused-ring (bicyclic) bond motifs is 3. The van der Waals surface area contributed by atoms with Crippen LogP contribution in [0.4, 0.5) is 0 Å². The lowest BCUT2D eigenvalue weighted by molar-refractivity contribution is -0.134. The van der Waals surface area contributed by atoms with Crippen LogP contribution in [0.1, 0.15) is 50.0 Å². The highest BCUT2D eigenvalue weighted by atomic mass is 16.2. The summed E-state index contributed by atoms with van der Waals surface area (Å²) in [5.74, 6) is 1.49. The predicted molar refractivity (Wildman–Crippen MR) is 135 cm³/mol. The maximum absolute atomic E-state index is 13.1. The van der Waals surface area contributed by atoms with E-state index in [-0.39, 0.29) is 0 Å². The van der Waals surface area contributed by atoms with Crippen molar-refractivity contribution in [2.75, 3.05) is 52.4 Å². The van der Waals surface area contributed by atoms with Gasteiger partial charge in [-0.1, -0.05) is 0 Å². The van der Waals surface area contributed by atoms with Crippen LogP contribution in [0.15, 0.2) is 30.7 Å². The third kappa shape index (κ3) is 4.43. The minimum absolute atomic E-state index is 0.333. The standard InChI is InChI=1S/C27H36N6O/c34-25(33-13-3-4-20(18-33)17-31-11-1-2-12-31)19-32-14-7-21(8-15-32)22-5-9-28-24-16-30-27-23(26(22)24)6-10-29-27/h5-6,9-10,16,20-21,28H,1-4,7-8,11-15,17-19H2. The average molecular weight is 461 g/mol. The van der Waals surface area contributed by atoms with Crippen molar-refractivity contribution in [1.29, 1.82) is 0 Å². The minimum atomic E-state index is 0.333. The van der Waals surface area contributed by atoms with Crippen molar-refractivity contribution >= 4 is 27.8 Å². The lowest BCUT2D eigenvalue weighted by Gasteiger charge is -2.37. The summed E-state index contributed by atoms with van der Waals surface area (Å²) in [6.45, 7) is 8.11. The van der Waals surface area contributed by atoms with Crippen molar-refractivity contribution in [3.63, 3.8) is 0 Å². The van der Waals surface area contributed by atoms with Gasteiger partial charge in [0.25, 0.3) is 0 Å². The van der Waals surface area contributed by atoms with E-state index >= 15 is 0 Å². The Hall–Kier alpha value is -2.51. The lowest BCUT2D eigenvalue weighted by Crippen LogP contribution is -2.48. The molecule has 7 nitrogen and oxygen atoms in total. The van der Waals surface area contributed by atoms with Crippen molar-refractivity contribution in [2.24, 2.45) is 5.92 Å². The molecule has 3 aromatic heterocycles. The number of aromatic nitrogens is 3. The van der Waals surface area contributed by atoms with E-state index in [1.54, 1.807) is 0 Å². The Morgan fingerprint density at radius 1 is 0.971 bits per heavy atom. The Labute approximate surface area is 201 Å². The number of nitrogens with one attached hydrogen (secondary N) is 1. The van der Waals surface area contributed by atoms with Gasteiger partial charge in [-0.05, 0) is 94.2 Å². The normalized spacial score (nSPS) is 23.3. The predicted octanol–water partition coefficient (Wildman–Crippen LogP) is 3.62. The fourth-order valence-corrected chi connectivity index (χ4v) is 6.49. The molecule has 3 fully saturated rings. The number of likely N-dealkylation sites (tertiary alicyclic amines) is 3. The van der Waals surface area contributed by atoms with E-state index in [0.29, 0.717) is 24.3 Å². The number of aromatic amines is 1. The molecule has 1 unspecified atom stereocenters. The van der Waals surface area contributed by atoms with Crippen LogP contribution in [0.2, 0.25) is 0 Å². The molecule has 3 aromatic rings. The average Bonchev–Trinajstić information content (AvgIpc) is 3.56. The second-order valence-corrected chi connectivity index (χ2v) is 10.6. The van der Waals surface area contributed by atoms with Gasteiger partial charge in [-0.2, -0.15) is 0 Å². The van der Waals surface area contributed by atoms with E-state index in [0.717, 1.165) is 62.0 Å². The Morgan fingerprint density at radius 2 is 1.82 bits per heavy atom. The number of carbonyl (C=O) groups excluding carboxylic acids is 1. The molecule has 3 saturated heterocycles. The van der Waals surface area contributed by atoms with E-state index in [9.17, 15) is 4.79 Å². The minimum Gasteiger partial charge on any atom is -0.360 e. The van der Waals surface area contributed by atoms with E-state index < -0.39 is 0 Å². The molecule has 6 rings (SSSR count). The topological polar surface area (TPSA) is 68.4 Å². The summed E-state index contributed by atoms with van der Waals surface area (Å²) >= 11 is 0. The highest BCUT2D eigenvalue weighted by Gasteiger charge is 2.29. The van der Waals surface area contributed by atoms with Gasteiger partial charge in [0.1, 0.15) is 0 Å². The van der Waals surface area contributed by atoms with E-state index in [1.807, 2.05) is 18.6 Å². The molecular weight excluding hydrogens is 424 g/mol. The summed E-state index contributed by atoms with van der Waals surface area (Å²) in [6, 6.07) is 4.31. The zero-order valence-electron chi connectivity index (χ0n) is 20.1. The van der Waals surface area contributed by atoms with Crippen LogP contribution in [0.5, 0.6) is 0 Å². The van der Waals surface area contributed by atoms with Gasteiger partial charge in [0.2, 0.25) is 5.91 Å². The molecule has 34 heavy (non-hydrogen) atoms. The Balaban J connectivity index is 1.07. The monoisotopic (exact) mass is 460 g/mol. The molecule has 0 aromatic carbocycles. The number of hydrogen-bond donors (Lipinski definition) is 1. The molecular formula is C27H36N6O. The first-order valence-corrected chi connectivity index (χ1v) is 13.2. The molecule has 3 aliphatic heterocycles. The smallest absolute Gasteiger partial charge is 0.236 e. The Bertz CT molecular complexity index is 1140. The largest absolute Gasteiger partial charge is 0.360 e. The van der Waals surface area contributed by atoms with E-state index in [4.69, 9.17) is 0 Å². The number of amides is 1. The number of carbonyl (C=O) groups is 1. The maximum Gasteiger partial charge on any atom is 0.236 e. The van der Waals surface area contributed by atoms with Crippen LogP contribution in [-0.4, -0.2) is 87.9 Å². The van der Waals surface area contributed by atoms with Gasteiger partial charge in [0.15, 0.2) is 5.65 Å². The molecule has 0 bridgehead atoms. The van der Waals surface area contributed by atoms with Crippen molar-refractivity contribution in [1.82, 2.24) is 29.7 Å². The van der Waals surface area contributed by atoms with Crippen LogP contribution in [0, 0.1) is 5.92 Å². The fraction of sp³-hybridized carbons (Fsp3) is 0.593. The second-order valence-electron chi connectivity index (χ2n) is 10.6. The van der Waals surface area contributed by atoms with Crippen molar-refractivity contribution in [2.45, 2.75) is 44.4 Å². The van der Waals surface area contributed by atoms with Crippen LogP contribution in [0.3, 0.4) is 0 Å². The molecule has 0 spiro atoms. The van der Waals surface area contributed by atoms with Crippen LogP contribution < -0.4 is 0 Å². The molecule has 1 N–H and O–H groups in total. The number of rotatable bonds is 5. The summed E-state index contributed by atoms with van der Waals surface area (Å²) in [5.41, 5.74) is 3.28. The zero-order chi connectivity index (χ0) is 22.9.